The molecule has 1 saturated carbocycles. The average molecular weight is 651 g/mol. The van der Waals surface area contributed by atoms with E-state index < -0.39 is 0 Å². The van der Waals surface area contributed by atoms with Crippen LogP contribution in [-0.4, -0.2) is 10.6 Å². The number of nitrogens with zero attached hydrogens (tertiary/aromatic N) is 4. The number of anilines is 2. The first-order chi connectivity index (χ1) is 24.5. The van der Waals surface area contributed by atoms with Crippen molar-refractivity contribution < 1.29 is 0 Å². The molecule has 0 bridgehead atoms. The van der Waals surface area contributed by atoms with Gasteiger partial charge in [0, 0.05) is 57.0 Å². The minimum absolute atomic E-state index is 0.0356. The molecule has 4 nitrogen and oxygen atoms in total. The van der Waals surface area contributed by atoms with Crippen LogP contribution >= 0.6 is 0 Å². The second-order valence-corrected chi connectivity index (χ2v) is 14.4. The molecule has 0 saturated heterocycles. The Kier molecular flexibility index (Phi) is 8.05. The van der Waals surface area contributed by atoms with Gasteiger partial charge in [-0.25, -0.2) is 0 Å². The van der Waals surface area contributed by atoms with Crippen molar-refractivity contribution >= 4 is 38.8 Å². The predicted molar refractivity (Wildman–Crippen MR) is 206 cm³/mol. The summed E-state index contributed by atoms with van der Waals surface area (Å²) in [5.74, 6) is 0.359. The quantitative estimate of drug-likeness (QED) is 0.173. The Morgan fingerprint density at radius 3 is 2.20 bits per heavy atom. The fraction of sp³-hybridized carbons (Fsp3) is 0.261. The van der Waals surface area contributed by atoms with Crippen LogP contribution in [0.3, 0.4) is 0 Å². The zero-order valence-electron chi connectivity index (χ0n) is 29.1. The molecular weight excluding hydrogens is 609 g/mol. The zero-order valence-corrected chi connectivity index (χ0v) is 29.1. The van der Waals surface area contributed by atoms with Gasteiger partial charge in [-0.1, -0.05) is 118 Å². The van der Waals surface area contributed by atoms with Crippen molar-refractivity contribution in [2.45, 2.75) is 64.5 Å². The minimum atomic E-state index is -0.182. The fourth-order valence-electron chi connectivity index (χ4n) is 9.12. The summed E-state index contributed by atoms with van der Waals surface area (Å²) in [7, 11) is 0. The Labute approximate surface area is 295 Å². The lowest BCUT2D eigenvalue weighted by atomic mass is 9.66. The number of para-hydroxylation sites is 4. The van der Waals surface area contributed by atoms with Crippen molar-refractivity contribution in [1.29, 1.82) is 10.5 Å². The predicted octanol–water partition coefficient (Wildman–Crippen LogP) is 11.6. The maximum absolute atomic E-state index is 10.7. The summed E-state index contributed by atoms with van der Waals surface area (Å²) in [5.41, 5.74) is 11.1. The van der Waals surface area contributed by atoms with E-state index in [1.165, 1.54) is 38.5 Å². The maximum Gasteiger partial charge on any atom is 0.101 e. The molecule has 1 aliphatic carbocycles. The number of hydrogen-bond donors (Lipinski definition) is 0. The molecule has 2 heterocycles. The Balaban J connectivity index is 1.30. The summed E-state index contributed by atoms with van der Waals surface area (Å²) in [6.45, 7) is 7.69. The lowest BCUT2D eigenvalue weighted by Crippen LogP contribution is -2.45. The number of benzene rings is 5. The SMILES string of the molecule is CCC(C)/C(=C\Cn1c2ccccc2c2ccccc21)c1ccccc1-c1cccc(C#N)c1N1c2ccccc2C2(C)CC(C#N)CCC12. The molecule has 6 aromatic rings. The van der Waals surface area contributed by atoms with E-state index in [9.17, 15) is 10.5 Å². The van der Waals surface area contributed by atoms with Crippen molar-refractivity contribution in [3.63, 3.8) is 0 Å². The van der Waals surface area contributed by atoms with E-state index in [-0.39, 0.29) is 17.4 Å². The Morgan fingerprint density at radius 1 is 0.820 bits per heavy atom. The first-order valence-electron chi connectivity index (χ1n) is 18.1. The van der Waals surface area contributed by atoms with Crippen LogP contribution in [0.1, 0.15) is 63.1 Å². The number of allylic oxidation sites excluding steroid dienone is 2. The van der Waals surface area contributed by atoms with Crippen molar-refractivity contribution in [3.8, 4) is 23.3 Å². The summed E-state index contributed by atoms with van der Waals surface area (Å²) >= 11 is 0. The lowest BCUT2D eigenvalue weighted by molar-refractivity contribution is 0.251. The third-order valence-electron chi connectivity index (χ3n) is 11.7. The second kappa shape index (κ2) is 12.7. The third kappa shape index (κ3) is 4.94. The molecule has 4 atom stereocenters. The smallest absolute Gasteiger partial charge is 0.101 e. The van der Waals surface area contributed by atoms with Crippen molar-refractivity contribution in [1.82, 2.24) is 4.57 Å². The van der Waals surface area contributed by atoms with Crippen LogP contribution < -0.4 is 4.90 Å². The standard InChI is InChI=1S/C46H42N4/c1-4-31(2)34(26-27-49-41-21-10-7-17-37(41)38-18-8-11-22-42(38)49)35-15-5-6-16-36(35)39-19-13-14-33(30-48)45(39)50-43-23-12-9-20-40(43)46(3)28-32(29-47)24-25-44(46)50/h5-23,26,31-32,44H,4,24-25,27-28H2,1-3H3/b34-26+. The molecule has 1 fully saturated rings. The lowest BCUT2D eigenvalue weighted by Gasteiger charge is -2.43. The van der Waals surface area contributed by atoms with Crippen molar-refractivity contribution in [3.05, 3.63) is 138 Å². The first kappa shape index (κ1) is 31.7. The van der Waals surface area contributed by atoms with Gasteiger partial charge in [0.1, 0.15) is 6.07 Å². The van der Waals surface area contributed by atoms with Crippen LogP contribution in [0, 0.1) is 34.5 Å². The molecule has 0 spiro atoms. The van der Waals surface area contributed by atoms with E-state index >= 15 is 0 Å². The molecule has 0 radical (unpaired) electrons. The average Bonchev–Trinajstić information content (AvgIpc) is 3.63. The van der Waals surface area contributed by atoms with E-state index in [4.69, 9.17) is 0 Å². The number of nitriles is 2. The van der Waals surface area contributed by atoms with E-state index in [2.05, 4.69) is 152 Å². The highest BCUT2D eigenvalue weighted by Crippen LogP contribution is 2.57. The first-order valence-corrected chi connectivity index (χ1v) is 18.1. The topological polar surface area (TPSA) is 55.8 Å². The van der Waals surface area contributed by atoms with Gasteiger partial charge < -0.3 is 9.47 Å². The van der Waals surface area contributed by atoms with Crippen LogP contribution in [0.25, 0.3) is 38.5 Å². The van der Waals surface area contributed by atoms with Crippen LogP contribution in [0.5, 0.6) is 0 Å². The normalized spacial score (nSPS) is 20.7. The summed E-state index contributed by atoms with van der Waals surface area (Å²) in [6.07, 6.45) is 6.04. The van der Waals surface area contributed by atoms with E-state index in [0.717, 1.165) is 54.7 Å². The summed E-state index contributed by atoms with van der Waals surface area (Å²) in [4.78, 5) is 2.47. The molecule has 5 aromatic carbocycles. The second-order valence-electron chi connectivity index (χ2n) is 14.4. The Bertz CT molecular complexity index is 2310. The van der Waals surface area contributed by atoms with Gasteiger partial charge in [-0.3, -0.25) is 0 Å². The summed E-state index contributed by atoms with van der Waals surface area (Å²) in [6, 6.07) is 46.4. The number of aromatic nitrogens is 1. The molecule has 4 heteroatoms. The highest BCUT2D eigenvalue weighted by molar-refractivity contribution is 6.08. The molecule has 8 rings (SSSR count). The third-order valence-corrected chi connectivity index (χ3v) is 11.7. The summed E-state index contributed by atoms with van der Waals surface area (Å²) in [5, 5.41) is 23.2. The number of rotatable bonds is 7. The van der Waals surface area contributed by atoms with Crippen molar-refractivity contribution in [2.24, 2.45) is 11.8 Å². The molecule has 2 aliphatic rings. The fourth-order valence-corrected chi connectivity index (χ4v) is 9.12. The van der Waals surface area contributed by atoms with Gasteiger partial charge in [-0.15, -0.1) is 0 Å². The largest absolute Gasteiger partial charge is 0.337 e. The monoisotopic (exact) mass is 650 g/mol. The molecule has 0 N–H and O–H groups in total. The van der Waals surface area contributed by atoms with Gasteiger partial charge in [0.2, 0.25) is 0 Å². The van der Waals surface area contributed by atoms with Gasteiger partial charge in [0.05, 0.1) is 17.3 Å². The molecular formula is C46H42N4. The van der Waals surface area contributed by atoms with E-state index in [1.807, 2.05) is 12.1 Å². The van der Waals surface area contributed by atoms with Crippen LogP contribution in [0.2, 0.25) is 0 Å². The molecule has 4 unspecified atom stereocenters. The Morgan fingerprint density at radius 2 is 1.48 bits per heavy atom. The Hall–Kier alpha value is -5.58. The molecule has 1 aliphatic heterocycles. The molecule has 246 valence electrons. The molecule has 50 heavy (non-hydrogen) atoms. The summed E-state index contributed by atoms with van der Waals surface area (Å²) < 4.78 is 2.44. The minimum Gasteiger partial charge on any atom is -0.337 e. The van der Waals surface area contributed by atoms with Gasteiger partial charge in [-0.2, -0.15) is 10.5 Å². The van der Waals surface area contributed by atoms with Gasteiger partial charge in [-0.05, 0) is 78.1 Å². The zero-order chi connectivity index (χ0) is 34.4. The van der Waals surface area contributed by atoms with Crippen LogP contribution in [0.15, 0.2) is 121 Å². The molecule has 1 aromatic heterocycles. The van der Waals surface area contributed by atoms with Crippen LogP contribution in [0.4, 0.5) is 11.4 Å². The highest BCUT2D eigenvalue weighted by Gasteiger charge is 2.52. The van der Waals surface area contributed by atoms with E-state index in [1.54, 1.807) is 0 Å². The van der Waals surface area contributed by atoms with Gasteiger partial charge in [0.15, 0.2) is 0 Å². The van der Waals surface area contributed by atoms with E-state index in [0.29, 0.717) is 11.5 Å². The maximum atomic E-state index is 10.7. The van der Waals surface area contributed by atoms with Crippen LogP contribution in [-0.2, 0) is 12.0 Å². The van der Waals surface area contributed by atoms with Crippen molar-refractivity contribution in [2.75, 3.05) is 4.90 Å². The van der Waals surface area contributed by atoms with Gasteiger partial charge in [0.25, 0.3) is 0 Å². The molecule has 0 amide bonds. The number of hydrogen-bond acceptors (Lipinski definition) is 3. The highest BCUT2D eigenvalue weighted by atomic mass is 15.2. The number of fused-ring (bicyclic) bond motifs is 6. The van der Waals surface area contributed by atoms with Gasteiger partial charge >= 0.3 is 0 Å².